The van der Waals surface area contributed by atoms with Crippen LogP contribution in [0.5, 0.6) is 0 Å². The molecule has 3 N–H and O–H groups in total. The summed E-state index contributed by atoms with van der Waals surface area (Å²) in [6.07, 6.45) is -4.63. The van der Waals surface area contributed by atoms with Crippen LogP contribution in [0.25, 0.3) is 11.3 Å². The van der Waals surface area contributed by atoms with Crippen molar-refractivity contribution in [2.24, 2.45) is 7.05 Å². The van der Waals surface area contributed by atoms with Gasteiger partial charge in [-0.3, -0.25) is 9.48 Å². The molecule has 0 unspecified atom stereocenters. The van der Waals surface area contributed by atoms with Crippen molar-refractivity contribution in [3.05, 3.63) is 59.3 Å². The Morgan fingerprint density at radius 2 is 1.70 bits per heavy atom. The number of carbonyl (C=O) groups is 1. The minimum Gasteiger partial charge on any atom is -0.383 e. The summed E-state index contributed by atoms with van der Waals surface area (Å²) in [5.74, 6) is -3.54. The molecule has 1 aromatic carbocycles. The quantitative estimate of drug-likeness (QED) is 0.597. The maximum atomic E-state index is 13.7. The van der Waals surface area contributed by atoms with Crippen LogP contribution in [0, 0.1) is 11.6 Å². The van der Waals surface area contributed by atoms with Crippen molar-refractivity contribution in [2.75, 3.05) is 11.1 Å². The van der Waals surface area contributed by atoms with E-state index < -0.39 is 35.0 Å². The summed E-state index contributed by atoms with van der Waals surface area (Å²) in [6.45, 7) is 4.00. The largest absolute Gasteiger partial charge is 0.435 e. The third-order valence-corrected chi connectivity index (χ3v) is 3.80. The average Bonchev–Trinajstić information content (AvgIpc) is 3.05. The molecule has 3 aromatic rings. The normalized spacial score (nSPS) is 10.9. The van der Waals surface area contributed by atoms with Crippen molar-refractivity contribution in [1.29, 1.82) is 0 Å². The molecule has 6 nitrogen and oxygen atoms in total. The Balaban J connectivity index is 0.00000155. The van der Waals surface area contributed by atoms with Gasteiger partial charge in [0, 0.05) is 12.6 Å². The molecular weight excluding hydrogens is 409 g/mol. The molecule has 3 rings (SSSR count). The van der Waals surface area contributed by atoms with Crippen molar-refractivity contribution in [3.63, 3.8) is 0 Å². The van der Waals surface area contributed by atoms with Gasteiger partial charge < -0.3 is 11.1 Å². The van der Waals surface area contributed by atoms with E-state index in [4.69, 9.17) is 5.73 Å². The van der Waals surface area contributed by atoms with E-state index in [1.54, 1.807) is 0 Å². The number of benzene rings is 1. The Hall–Kier alpha value is -3.50. The summed E-state index contributed by atoms with van der Waals surface area (Å²) in [7, 11) is 1.31. The van der Waals surface area contributed by atoms with E-state index in [2.05, 4.69) is 15.4 Å². The van der Waals surface area contributed by atoms with E-state index in [-0.39, 0.29) is 22.9 Å². The van der Waals surface area contributed by atoms with Gasteiger partial charge in [0.05, 0.1) is 5.69 Å². The standard InChI is InChI=1S/C17H12F5N5O.C2H6/c1-27-11(7-12(26-27)17(20,21)22)8-5-6-13(24-15(8)23)25-16(28)14-9(18)3-2-4-10(14)19;1-2/h2-7H,1H3,(H3,23,24,25,28);1-2H3. The predicted octanol–water partition coefficient (Wildman–Crippen LogP) is 4.64. The molecule has 0 aliphatic heterocycles. The zero-order chi connectivity index (χ0) is 22.6. The minimum absolute atomic E-state index is 0.0512. The number of nitrogens with two attached hydrogens (primary N) is 1. The Morgan fingerprint density at radius 1 is 1.10 bits per heavy atom. The smallest absolute Gasteiger partial charge is 0.383 e. The average molecular weight is 427 g/mol. The molecule has 160 valence electrons. The number of aromatic nitrogens is 3. The molecule has 2 aromatic heterocycles. The highest BCUT2D eigenvalue weighted by atomic mass is 19.4. The number of carbonyl (C=O) groups excluding carboxylic acids is 1. The first-order valence-electron chi connectivity index (χ1n) is 8.71. The zero-order valence-corrected chi connectivity index (χ0v) is 16.2. The van der Waals surface area contributed by atoms with Crippen molar-refractivity contribution in [1.82, 2.24) is 14.8 Å². The molecule has 11 heteroatoms. The SMILES string of the molecule is CC.Cn1nc(C(F)(F)F)cc1-c1ccc(NC(=O)c2c(F)cccc2F)nc1N. The summed E-state index contributed by atoms with van der Waals surface area (Å²) >= 11 is 0. The van der Waals surface area contributed by atoms with Crippen LogP contribution < -0.4 is 11.1 Å². The number of pyridine rings is 1. The number of halogens is 5. The van der Waals surface area contributed by atoms with Crippen molar-refractivity contribution in [2.45, 2.75) is 20.0 Å². The van der Waals surface area contributed by atoms with Crippen molar-refractivity contribution < 1.29 is 26.7 Å². The molecule has 0 atom stereocenters. The fourth-order valence-corrected chi connectivity index (χ4v) is 2.51. The lowest BCUT2D eigenvalue weighted by molar-refractivity contribution is -0.141. The van der Waals surface area contributed by atoms with E-state index >= 15 is 0 Å². The van der Waals surface area contributed by atoms with E-state index in [1.165, 1.54) is 19.2 Å². The third kappa shape index (κ3) is 4.73. The Kier molecular flexibility index (Phi) is 6.75. The van der Waals surface area contributed by atoms with Crippen LogP contribution in [0.3, 0.4) is 0 Å². The van der Waals surface area contributed by atoms with Gasteiger partial charge in [-0.05, 0) is 30.3 Å². The number of nitrogen functional groups attached to an aromatic ring is 1. The molecule has 1 amide bonds. The molecule has 0 aliphatic carbocycles. The Bertz CT molecular complexity index is 1040. The number of nitrogens with zero attached hydrogens (tertiary/aromatic N) is 3. The van der Waals surface area contributed by atoms with Crippen LogP contribution in [-0.4, -0.2) is 20.7 Å². The van der Waals surface area contributed by atoms with Crippen molar-refractivity contribution in [3.8, 4) is 11.3 Å². The number of nitrogens with one attached hydrogen (secondary N) is 1. The predicted molar refractivity (Wildman–Crippen MR) is 102 cm³/mol. The lowest BCUT2D eigenvalue weighted by Crippen LogP contribution is -2.17. The maximum absolute atomic E-state index is 13.7. The first-order chi connectivity index (χ1) is 14.1. The highest BCUT2D eigenvalue weighted by Gasteiger charge is 2.35. The number of hydrogen-bond acceptors (Lipinski definition) is 4. The second-order valence-corrected chi connectivity index (χ2v) is 5.72. The zero-order valence-electron chi connectivity index (χ0n) is 16.2. The summed E-state index contributed by atoms with van der Waals surface area (Å²) < 4.78 is 66.7. The number of rotatable bonds is 3. The fraction of sp³-hybridized carbons (Fsp3) is 0.211. The van der Waals surface area contributed by atoms with Crippen LogP contribution in [0.2, 0.25) is 0 Å². The molecule has 0 radical (unpaired) electrons. The van der Waals surface area contributed by atoms with Crippen molar-refractivity contribution >= 4 is 17.5 Å². The van der Waals surface area contributed by atoms with Crippen LogP contribution in [0.1, 0.15) is 29.9 Å². The Morgan fingerprint density at radius 3 is 2.20 bits per heavy atom. The topological polar surface area (TPSA) is 85.8 Å². The van der Waals surface area contributed by atoms with Crippen LogP contribution >= 0.6 is 0 Å². The lowest BCUT2D eigenvalue weighted by atomic mass is 10.1. The van der Waals surface area contributed by atoms with Gasteiger partial charge in [0.25, 0.3) is 5.91 Å². The number of aryl methyl sites for hydroxylation is 1. The van der Waals surface area contributed by atoms with Gasteiger partial charge in [0.1, 0.15) is 28.8 Å². The summed E-state index contributed by atoms with van der Waals surface area (Å²) in [5, 5.41) is 5.58. The second-order valence-electron chi connectivity index (χ2n) is 5.72. The molecule has 30 heavy (non-hydrogen) atoms. The number of amides is 1. The first-order valence-corrected chi connectivity index (χ1v) is 8.71. The van der Waals surface area contributed by atoms with Gasteiger partial charge in [0.15, 0.2) is 5.69 Å². The fourth-order valence-electron chi connectivity index (χ4n) is 2.51. The summed E-state index contributed by atoms with van der Waals surface area (Å²) in [6, 6.07) is 6.30. The van der Waals surface area contributed by atoms with Gasteiger partial charge in [-0.15, -0.1) is 0 Å². The molecule has 2 heterocycles. The highest BCUT2D eigenvalue weighted by Crippen LogP contribution is 2.33. The molecule has 0 saturated carbocycles. The van der Waals surface area contributed by atoms with E-state index in [0.717, 1.165) is 28.9 Å². The van der Waals surface area contributed by atoms with Crippen LogP contribution in [0.4, 0.5) is 33.6 Å². The monoisotopic (exact) mass is 427 g/mol. The number of anilines is 2. The molecule has 0 bridgehead atoms. The summed E-state index contributed by atoms with van der Waals surface area (Å²) in [5.41, 5.74) is 4.07. The molecule has 0 aliphatic rings. The van der Waals surface area contributed by atoms with Gasteiger partial charge >= 0.3 is 6.18 Å². The van der Waals surface area contributed by atoms with Gasteiger partial charge in [-0.2, -0.15) is 18.3 Å². The van der Waals surface area contributed by atoms with E-state index in [0.29, 0.717) is 0 Å². The lowest BCUT2D eigenvalue weighted by Gasteiger charge is -2.09. The van der Waals surface area contributed by atoms with Crippen LogP contribution in [0.15, 0.2) is 36.4 Å². The number of hydrogen-bond donors (Lipinski definition) is 2. The molecule has 0 saturated heterocycles. The molecule has 0 fully saturated rings. The van der Waals surface area contributed by atoms with Gasteiger partial charge in [-0.1, -0.05) is 19.9 Å². The number of alkyl halides is 3. The highest BCUT2D eigenvalue weighted by molar-refractivity contribution is 6.04. The Labute approximate surface area is 168 Å². The second kappa shape index (κ2) is 8.89. The minimum atomic E-state index is -4.63. The van der Waals surface area contributed by atoms with Gasteiger partial charge in [-0.25, -0.2) is 13.8 Å². The first kappa shape index (κ1) is 22.8. The van der Waals surface area contributed by atoms with Gasteiger partial charge in [0.2, 0.25) is 0 Å². The third-order valence-electron chi connectivity index (χ3n) is 3.80. The van der Waals surface area contributed by atoms with E-state index in [1.807, 2.05) is 13.8 Å². The molecular formula is C19H18F5N5O. The van der Waals surface area contributed by atoms with Crippen LogP contribution in [-0.2, 0) is 13.2 Å². The maximum Gasteiger partial charge on any atom is 0.435 e. The summed E-state index contributed by atoms with van der Waals surface area (Å²) in [4.78, 5) is 15.9. The van der Waals surface area contributed by atoms with E-state index in [9.17, 15) is 26.7 Å². The molecule has 0 spiro atoms.